The summed E-state index contributed by atoms with van der Waals surface area (Å²) in [5.74, 6) is -1.36. The molecular formula is C18H20N2O3. The number of ketones is 1. The van der Waals surface area contributed by atoms with Crippen LogP contribution in [0.4, 0.5) is 5.69 Å². The molecular weight excluding hydrogens is 292 g/mol. The first-order valence-corrected chi connectivity index (χ1v) is 7.47. The number of amides is 2. The first-order valence-electron chi connectivity index (χ1n) is 7.47. The lowest BCUT2D eigenvalue weighted by Crippen LogP contribution is -2.44. The second kappa shape index (κ2) is 7.05. The van der Waals surface area contributed by atoms with Crippen LogP contribution >= 0.6 is 0 Å². The van der Waals surface area contributed by atoms with E-state index in [0.29, 0.717) is 0 Å². The van der Waals surface area contributed by atoms with E-state index in [1.165, 1.54) is 6.08 Å². The Morgan fingerprint density at radius 3 is 2.61 bits per heavy atom. The van der Waals surface area contributed by atoms with Gasteiger partial charge < -0.3 is 4.90 Å². The molecule has 120 valence electrons. The molecule has 2 rings (SSSR count). The third kappa shape index (κ3) is 3.74. The lowest BCUT2D eigenvalue weighted by atomic mass is 10.0. The average molecular weight is 312 g/mol. The number of allylic oxidation sites excluding steroid dienone is 2. The summed E-state index contributed by atoms with van der Waals surface area (Å²) >= 11 is 0. The zero-order chi connectivity index (χ0) is 17.0. The van der Waals surface area contributed by atoms with Crippen LogP contribution in [0.3, 0.4) is 0 Å². The average Bonchev–Trinajstić information content (AvgIpc) is 2.51. The highest BCUT2D eigenvalue weighted by Gasteiger charge is 2.34. The van der Waals surface area contributed by atoms with Gasteiger partial charge in [-0.05, 0) is 30.7 Å². The number of hydrogen-bond donors (Lipinski definition) is 0. The van der Waals surface area contributed by atoms with Crippen LogP contribution in [0.5, 0.6) is 0 Å². The lowest BCUT2D eigenvalue weighted by molar-refractivity contribution is -0.147. The molecule has 1 aliphatic heterocycles. The Hall–Kier alpha value is -2.69. The Morgan fingerprint density at radius 2 is 1.96 bits per heavy atom. The van der Waals surface area contributed by atoms with E-state index < -0.39 is 17.6 Å². The Balaban J connectivity index is 2.21. The predicted molar refractivity (Wildman–Crippen MR) is 89.9 cm³/mol. The van der Waals surface area contributed by atoms with Crippen molar-refractivity contribution in [1.82, 2.24) is 4.90 Å². The topological polar surface area (TPSA) is 57.7 Å². The number of rotatable bonds is 4. The minimum Gasteiger partial charge on any atom is -0.378 e. The lowest BCUT2D eigenvalue weighted by Gasteiger charge is -2.24. The van der Waals surface area contributed by atoms with Gasteiger partial charge in [0.15, 0.2) is 5.78 Å². The smallest absolute Gasteiger partial charge is 0.264 e. The molecule has 0 bridgehead atoms. The van der Waals surface area contributed by atoms with Gasteiger partial charge >= 0.3 is 0 Å². The number of benzene rings is 1. The second-order valence-corrected chi connectivity index (χ2v) is 5.47. The van der Waals surface area contributed by atoms with Crippen molar-refractivity contribution in [3.05, 3.63) is 47.6 Å². The monoisotopic (exact) mass is 312 g/mol. The Morgan fingerprint density at radius 1 is 1.22 bits per heavy atom. The maximum absolute atomic E-state index is 12.1. The molecule has 0 unspecified atom stereocenters. The minimum atomic E-state index is -0.513. The molecule has 0 spiro atoms. The normalized spacial score (nSPS) is 17.4. The third-order valence-electron chi connectivity index (χ3n) is 3.64. The van der Waals surface area contributed by atoms with E-state index in [-0.39, 0.29) is 18.5 Å². The molecule has 1 heterocycles. The number of anilines is 1. The number of likely N-dealkylation sites (N-methyl/N-ethyl adjacent to an activating group) is 1. The van der Waals surface area contributed by atoms with Gasteiger partial charge in [-0.1, -0.05) is 24.3 Å². The summed E-state index contributed by atoms with van der Waals surface area (Å²) in [6.07, 6.45) is 4.74. The molecule has 1 aromatic rings. The number of hydrogen-bond acceptors (Lipinski definition) is 4. The molecule has 2 amide bonds. The van der Waals surface area contributed by atoms with Gasteiger partial charge in [0, 0.05) is 26.3 Å². The van der Waals surface area contributed by atoms with E-state index in [4.69, 9.17) is 0 Å². The summed E-state index contributed by atoms with van der Waals surface area (Å²) in [6.45, 7) is 1.99. The van der Waals surface area contributed by atoms with E-state index in [1.807, 2.05) is 49.3 Å². The number of imide groups is 1. The third-order valence-corrected chi connectivity index (χ3v) is 3.64. The quantitative estimate of drug-likeness (QED) is 0.369. The molecule has 5 heteroatoms. The van der Waals surface area contributed by atoms with Crippen molar-refractivity contribution < 1.29 is 14.4 Å². The summed E-state index contributed by atoms with van der Waals surface area (Å²) in [7, 11) is 3.92. The summed E-state index contributed by atoms with van der Waals surface area (Å²) in [6, 6.07) is 7.88. The zero-order valence-corrected chi connectivity index (χ0v) is 13.6. The molecule has 1 aliphatic rings. The highest BCUT2D eigenvalue weighted by molar-refractivity contribution is 6.30. The van der Waals surface area contributed by atoms with Gasteiger partial charge in [0.25, 0.3) is 5.91 Å². The van der Waals surface area contributed by atoms with Crippen molar-refractivity contribution in [2.24, 2.45) is 0 Å². The zero-order valence-electron chi connectivity index (χ0n) is 13.6. The molecule has 0 radical (unpaired) electrons. The fraction of sp³-hybridized carbons (Fsp3) is 0.278. The highest BCUT2D eigenvalue weighted by Crippen LogP contribution is 2.17. The van der Waals surface area contributed by atoms with Gasteiger partial charge in [-0.25, -0.2) is 0 Å². The summed E-state index contributed by atoms with van der Waals surface area (Å²) in [4.78, 5) is 38.7. The van der Waals surface area contributed by atoms with Crippen molar-refractivity contribution in [2.75, 3.05) is 25.5 Å². The first-order chi connectivity index (χ1) is 10.9. The van der Waals surface area contributed by atoms with Crippen LogP contribution < -0.4 is 4.90 Å². The summed E-state index contributed by atoms with van der Waals surface area (Å²) < 4.78 is 0. The number of carbonyl (C=O) groups is 3. The SMILES string of the molecule is CCN1C(=O)CC(=O)/C(=C\C=C\c2cccc(N(C)C)c2)C1=O. The second-order valence-electron chi connectivity index (χ2n) is 5.47. The van der Waals surface area contributed by atoms with Crippen LogP contribution in [0.1, 0.15) is 18.9 Å². The van der Waals surface area contributed by atoms with E-state index in [9.17, 15) is 14.4 Å². The summed E-state index contributed by atoms with van der Waals surface area (Å²) in [5, 5.41) is 0. The van der Waals surface area contributed by atoms with E-state index in [1.54, 1.807) is 13.0 Å². The van der Waals surface area contributed by atoms with Gasteiger partial charge in [-0.2, -0.15) is 0 Å². The largest absolute Gasteiger partial charge is 0.378 e. The van der Waals surface area contributed by atoms with E-state index in [2.05, 4.69) is 0 Å². The molecule has 0 aromatic heterocycles. The van der Waals surface area contributed by atoms with Crippen molar-refractivity contribution in [2.45, 2.75) is 13.3 Å². The molecule has 0 saturated carbocycles. The van der Waals surface area contributed by atoms with E-state index in [0.717, 1.165) is 16.2 Å². The predicted octanol–water partition coefficient (Wildman–Crippen LogP) is 2.04. The molecule has 0 N–H and O–H groups in total. The molecule has 0 atom stereocenters. The van der Waals surface area contributed by atoms with E-state index >= 15 is 0 Å². The molecule has 5 nitrogen and oxygen atoms in total. The Labute approximate surface area is 135 Å². The fourth-order valence-electron chi connectivity index (χ4n) is 2.35. The van der Waals surface area contributed by atoms with Crippen molar-refractivity contribution in [3.8, 4) is 0 Å². The number of piperidine rings is 1. The van der Waals surface area contributed by atoms with Crippen molar-refractivity contribution in [1.29, 1.82) is 0 Å². The Bertz CT molecular complexity index is 702. The minimum absolute atomic E-state index is 0.0615. The molecule has 1 saturated heterocycles. The molecule has 1 fully saturated rings. The summed E-state index contributed by atoms with van der Waals surface area (Å²) in [5.41, 5.74) is 2.09. The van der Waals surface area contributed by atoms with Gasteiger partial charge in [-0.15, -0.1) is 0 Å². The number of likely N-dealkylation sites (tertiary alicyclic amines) is 1. The van der Waals surface area contributed by atoms with Crippen LogP contribution in [-0.4, -0.2) is 43.1 Å². The maximum Gasteiger partial charge on any atom is 0.264 e. The van der Waals surface area contributed by atoms with Crippen molar-refractivity contribution >= 4 is 29.4 Å². The van der Waals surface area contributed by atoms with Crippen LogP contribution in [-0.2, 0) is 14.4 Å². The number of carbonyl (C=O) groups excluding carboxylic acids is 3. The van der Waals surface area contributed by atoms with Crippen LogP contribution in [0.25, 0.3) is 6.08 Å². The number of Topliss-reactive ketones (excluding diaryl/α,β-unsaturated/α-hetero) is 1. The Kier molecular flexibility index (Phi) is 5.11. The van der Waals surface area contributed by atoms with Crippen LogP contribution in [0.15, 0.2) is 42.0 Å². The standard InChI is InChI=1S/C18H20N2O3/c1-4-20-17(22)12-16(21)15(18(20)23)10-6-8-13-7-5-9-14(11-13)19(2)3/h5-11H,4,12H2,1-3H3/b8-6+,15-10+. The molecule has 23 heavy (non-hydrogen) atoms. The van der Waals surface area contributed by atoms with Crippen LogP contribution in [0.2, 0.25) is 0 Å². The molecule has 1 aromatic carbocycles. The van der Waals surface area contributed by atoms with Gasteiger partial charge in [0.05, 0.1) is 12.0 Å². The van der Waals surface area contributed by atoms with Gasteiger partial charge in [-0.3, -0.25) is 19.3 Å². The van der Waals surface area contributed by atoms with Gasteiger partial charge in [0.1, 0.15) is 0 Å². The van der Waals surface area contributed by atoms with Crippen LogP contribution in [0, 0.1) is 0 Å². The van der Waals surface area contributed by atoms with Gasteiger partial charge in [0.2, 0.25) is 5.91 Å². The first kappa shape index (κ1) is 16.7. The maximum atomic E-state index is 12.1. The molecule has 0 aliphatic carbocycles. The fourth-order valence-corrected chi connectivity index (χ4v) is 2.35. The number of nitrogens with zero attached hydrogens (tertiary/aromatic N) is 2. The highest BCUT2D eigenvalue weighted by atomic mass is 16.2. The van der Waals surface area contributed by atoms with Crippen molar-refractivity contribution in [3.63, 3.8) is 0 Å².